The SMILES string of the molecule is c1ccc(-c2cccc(N(c3ccccc3)c3ccc(-c4nsc(-c5cccc6cc(-c7ccccc7)ccc56)n4)cc3)c2)cc1. The molecule has 0 spiro atoms. The Balaban J connectivity index is 1.11. The molecule has 1 aromatic heterocycles. The van der Waals surface area contributed by atoms with Crippen LogP contribution in [0.3, 0.4) is 0 Å². The van der Waals surface area contributed by atoms with Crippen molar-refractivity contribution in [3.63, 3.8) is 0 Å². The lowest BCUT2D eigenvalue weighted by molar-refractivity contribution is 1.27. The summed E-state index contributed by atoms with van der Waals surface area (Å²) in [6.45, 7) is 0. The summed E-state index contributed by atoms with van der Waals surface area (Å²) in [5, 5.41) is 3.29. The number of benzene rings is 7. The standard InChI is InChI=1S/C42H29N3S/c1-4-12-30(13-5-1)33-16-10-20-38(29-33)45(36-18-8-3-9-19-36)37-25-22-32(23-26-37)41-43-42(46-44-41)40-21-11-17-35-28-34(24-27-39(35)40)31-14-6-2-7-15-31/h1-29H. The summed E-state index contributed by atoms with van der Waals surface area (Å²) in [5.41, 5.74) is 10.2. The summed E-state index contributed by atoms with van der Waals surface area (Å²) < 4.78 is 4.79. The van der Waals surface area contributed by atoms with Gasteiger partial charge < -0.3 is 4.90 Å². The Morgan fingerprint density at radius 3 is 1.70 bits per heavy atom. The van der Waals surface area contributed by atoms with Gasteiger partial charge in [-0.15, -0.1) is 0 Å². The second kappa shape index (κ2) is 12.3. The Morgan fingerprint density at radius 2 is 0.978 bits per heavy atom. The predicted molar refractivity (Wildman–Crippen MR) is 194 cm³/mol. The van der Waals surface area contributed by atoms with Crippen LogP contribution >= 0.6 is 11.5 Å². The summed E-state index contributed by atoms with van der Waals surface area (Å²) in [6.07, 6.45) is 0. The molecule has 1 heterocycles. The minimum atomic E-state index is 0.738. The molecule has 0 radical (unpaired) electrons. The zero-order valence-corrected chi connectivity index (χ0v) is 25.8. The molecule has 0 aliphatic rings. The molecule has 3 nitrogen and oxygen atoms in total. The largest absolute Gasteiger partial charge is 0.310 e. The molecule has 0 saturated carbocycles. The quantitative estimate of drug-likeness (QED) is 0.180. The van der Waals surface area contributed by atoms with E-state index in [-0.39, 0.29) is 0 Å². The number of hydrogen-bond acceptors (Lipinski definition) is 4. The van der Waals surface area contributed by atoms with Crippen molar-refractivity contribution in [3.05, 3.63) is 176 Å². The lowest BCUT2D eigenvalue weighted by atomic mass is 9.99. The summed E-state index contributed by atoms with van der Waals surface area (Å²) in [5.74, 6) is 0.738. The highest BCUT2D eigenvalue weighted by Gasteiger charge is 2.16. The lowest BCUT2D eigenvalue weighted by Crippen LogP contribution is -2.09. The molecule has 0 amide bonds. The first kappa shape index (κ1) is 27.7. The van der Waals surface area contributed by atoms with Gasteiger partial charge in [0.2, 0.25) is 0 Å². The Hall–Kier alpha value is -5.84. The van der Waals surface area contributed by atoms with E-state index in [1.807, 2.05) is 6.07 Å². The second-order valence-electron chi connectivity index (χ2n) is 11.2. The predicted octanol–water partition coefficient (Wildman–Crippen LogP) is 11.8. The van der Waals surface area contributed by atoms with E-state index < -0.39 is 0 Å². The molecular formula is C42H29N3S. The first-order valence-electron chi connectivity index (χ1n) is 15.3. The van der Waals surface area contributed by atoms with Gasteiger partial charge in [0.25, 0.3) is 0 Å². The number of hydrogen-bond donors (Lipinski definition) is 0. The lowest BCUT2D eigenvalue weighted by Gasteiger charge is -2.26. The summed E-state index contributed by atoms with van der Waals surface area (Å²) >= 11 is 1.45. The van der Waals surface area contributed by atoms with Crippen molar-refractivity contribution in [1.82, 2.24) is 9.36 Å². The van der Waals surface area contributed by atoms with Gasteiger partial charge in [0.1, 0.15) is 5.01 Å². The smallest absolute Gasteiger partial charge is 0.173 e. The molecule has 8 aromatic rings. The second-order valence-corrected chi connectivity index (χ2v) is 11.9. The van der Waals surface area contributed by atoms with Gasteiger partial charge in [-0.25, -0.2) is 4.98 Å². The van der Waals surface area contributed by atoms with E-state index in [0.717, 1.165) is 39.0 Å². The van der Waals surface area contributed by atoms with Crippen molar-refractivity contribution in [2.24, 2.45) is 0 Å². The number of rotatable bonds is 7. The molecule has 0 fully saturated rings. The first-order chi connectivity index (χ1) is 22.8. The van der Waals surface area contributed by atoms with E-state index in [1.165, 1.54) is 44.6 Å². The highest BCUT2D eigenvalue weighted by Crippen LogP contribution is 2.38. The minimum absolute atomic E-state index is 0.738. The van der Waals surface area contributed by atoms with Crippen molar-refractivity contribution >= 4 is 39.4 Å². The Kier molecular flexibility index (Phi) is 7.39. The van der Waals surface area contributed by atoms with Crippen molar-refractivity contribution < 1.29 is 0 Å². The van der Waals surface area contributed by atoms with E-state index in [2.05, 4.69) is 175 Å². The molecule has 0 aliphatic heterocycles. The van der Waals surface area contributed by atoms with Crippen LogP contribution in [0.15, 0.2) is 176 Å². The maximum absolute atomic E-state index is 5.01. The number of aromatic nitrogens is 2. The van der Waals surface area contributed by atoms with Crippen LogP contribution in [0.25, 0.3) is 55.0 Å². The summed E-state index contributed by atoms with van der Waals surface area (Å²) in [7, 11) is 0. The van der Waals surface area contributed by atoms with E-state index in [4.69, 9.17) is 9.36 Å². The van der Waals surface area contributed by atoms with Crippen molar-refractivity contribution in [2.45, 2.75) is 0 Å². The monoisotopic (exact) mass is 607 g/mol. The van der Waals surface area contributed by atoms with Crippen LogP contribution in [-0.2, 0) is 0 Å². The highest BCUT2D eigenvalue weighted by molar-refractivity contribution is 7.09. The molecule has 0 bridgehead atoms. The number of anilines is 3. The van der Waals surface area contributed by atoms with Crippen LogP contribution in [0.4, 0.5) is 17.1 Å². The number of para-hydroxylation sites is 1. The van der Waals surface area contributed by atoms with Gasteiger partial charge in [-0.05, 0) is 99.2 Å². The van der Waals surface area contributed by atoms with Gasteiger partial charge in [0.15, 0.2) is 5.82 Å². The van der Waals surface area contributed by atoms with Crippen LogP contribution in [0.1, 0.15) is 0 Å². The van der Waals surface area contributed by atoms with Crippen molar-refractivity contribution in [2.75, 3.05) is 4.90 Å². The molecule has 218 valence electrons. The average molecular weight is 608 g/mol. The van der Waals surface area contributed by atoms with E-state index >= 15 is 0 Å². The maximum atomic E-state index is 5.01. The average Bonchev–Trinajstić information content (AvgIpc) is 3.63. The van der Waals surface area contributed by atoms with Crippen molar-refractivity contribution in [1.29, 1.82) is 0 Å². The molecule has 4 heteroatoms. The van der Waals surface area contributed by atoms with Gasteiger partial charge in [0.05, 0.1) is 0 Å². The van der Waals surface area contributed by atoms with Crippen LogP contribution in [0, 0.1) is 0 Å². The fraction of sp³-hybridized carbons (Fsp3) is 0. The van der Waals surface area contributed by atoms with Gasteiger partial charge in [-0.2, -0.15) is 4.37 Å². The molecule has 0 saturated heterocycles. The Bertz CT molecular complexity index is 2240. The molecule has 0 unspecified atom stereocenters. The topological polar surface area (TPSA) is 29.0 Å². The van der Waals surface area contributed by atoms with Crippen LogP contribution in [0.5, 0.6) is 0 Å². The fourth-order valence-electron chi connectivity index (χ4n) is 5.97. The normalized spacial score (nSPS) is 11.0. The van der Waals surface area contributed by atoms with E-state index in [1.54, 1.807) is 0 Å². The van der Waals surface area contributed by atoms with Gasteiger partial charge >= 0.3 is 0 Å². The van der Waals surface area contributed by atoms with Crippen LogP contribution in [0.2, 0.25) is 0 Å². The number of fused-ring (bicyclic) bond motifs is 1. The number of nitrogens with zero attached hydrogens (tertiary/aromatic N) is 3. The van der Waals surface area contributed by atoms with Crippen molar-refractivity contribution in [3.8, 4) is 44.2 Å². The zero-order valence-electron chi connectivity index (χ0n) is 25.0. The highest BCUT2D eigenvalue weighted by atomic mass is 32.1. The molecule has 0 N–H and O–H groups in total. The van der Waals surface area contributed by atoms with Gasteiger partial charge in [-0.1, -0.05) is 121 Å². The van der Waals surface area contributed by atoms with Crippen LogP contribution < -0.4 is 4.90 Å². The molecule has 8 rings (SSSR count). The molecule has 0 aliphatic carbocycles. The molecule has 7 aromatic carbocycles. The Morgan fingerprint density at radius 1 is 0.413 bits per heavy atom. The Labute approximate surface area is 272 Å². The minimum Gasteiger partial charge on any atom is -0.310 e. The maximum Gasteiger partial charge on any atom is 0.173 e. The molecule has 46 heavy (non-hydrogen) atoms. The van der Waals surface area contributed by atoms with Gasteiger partial charge in [0, 0.05) is 28.2 Å². The zero-order chi connectivity index (χ0) is 30.7. The molecule has 0 atom stereocenters. The third kappa shape index (κ3) is 5.47. The van der Waals surface area contributed by atoms with Crippen LogP contribution in [-0.4, -0.2) is 9.36 Å². The van der Waals surface area contributed by atoms with E-state index in [0.29, 0.717) is 0 Å². The van der Waals surface area contributed by atoms with E-state index in [9.17, 15) is 0 Å². The third-order valence-electron chi connectivity index (χ3n) is 8.25. The summed E-state index contributed by atoms with van der Waals surface area (Å²) in [6, 6.07) is 61.8. The fourth-order valence-corrected chi connectivity index (χ4v) is 6.69. The third-order valence-corrected chi connectivity index (χ3v) is 9.00. The van der Waals surface area contributed by atoms with Gasteiger partial charge in [-0.3, -0.25) is 0 Å². The first-order valence-corrected chi connectivity index (χ1v) is 16.1. The molecular weight excluding hydrogens is 579 g/mol. The summed E-state index contributed by atoms with van der Waals surface area (Å²) in [4.78, 5) is 7.30.